The second-order valence-electron chi connectivity index (χ2n) is 3.83. The van der Waals surface area contributed by atoms with Crippen LogP contribution >= 0.6 is 27.3 Å². The van der Waals surface area contributed by atoms with E-state index in [1.54, 1.807) is 11.3 Å². The summed E-state index contributed by atoms with van der Waals surface area (Å²) < 4.78 is 0. The number of alkyl halides is 1. The normalized spacial score (nSPS) is 17.7. The fourth-order valence-corrected chi connectivity index (χ4v) is 2.99. The summed E-state index contributed by atoms with van der Waals surface area (Å²) in [4.78, 5) is 16.4. The fourth-order valence-electron chi connectivity index (χ4n) is 1.86. The molecule has 2 heterocycles. The molecule has 1 amide bonds. The van der Waals surface area contributed by atoms with Crippen molar-refractivity contribution >= 4 is 33.2 Å². The van der Waals surface area contributed by atoms with Crippen molar-refractivity contribution in [2.75, 3.05) is 38.1 Å². The van der Waals surface area contributed by atoms with Gasteiger partial charge in [-0.3, -0.25) is 9.69 Å². The first-order chi connectivity index (χ1) is 7.81. The third kappa shape index (κ3) is 2.84. The van der Waals surface area contributed by atoms with Crippen molar-refractivity contribution in [3.8, 4) is 0 Å². The third-order valence-electron chi connectivity index (χ3n) is 2.83. The summed E-state index contributed by atoms with van der Waals surface area (Å²) >= 11 is 5.02. The van der Waals surface area contributed by atoms with E-state index >= 15 is 0 Å². The average molecular weight is 303 g/mol. The van der Waals surface area contributed by atoms with Crippen LogP contribution < -0.4 is 0 Å². The van der Waals surface area contributed by atoms with Crippen LogP contribution in [0, 0.1) is 0 Å². The summed E-state index contributed by atoms with van der Waals surface area (Å²) in [5, 5.41) is 4.88. The number of halogens is 1. The lowest BCUT2D eigenvalue weighted by Crippen LogP contribution is -2.49. The molecule has 1 aromatic heterocycles. The molecule has 0 N–H and O–H groups in total. The number of carbonyl (C=O) groups excluding carboxylic acids is 1. The molecule has 1 saturated heterocycles. The zero-order chi connectivity index (χ0) is 11.4. The zero-order valence-electron chi connectivity index (χ0n) is 9.06. The van der Waals surface area contributed by atoms with Crippen LogP contribution in [0.1, 0.15) is 10.4 Å². The Balaban J connectivity index is 1.87. The van der Waals surface area contributed by atoms with E-state index in [1.807, 2.05) is 21.7 Å². The lowest BCUT2D eigenvalue weighted by atomic mass is 10.2. The van der Waals surface area contributed by atoms with Crippen molar-refractivity contribution in [3.05, 3.63) is 22.4 Å². The van der Waals surface area contributed by atoms with Crippen LogP contribution in [0.3, 0.4) is 0 Å². The lowest BCUT2D eigenvalue weighted by Gasteiger charge is -2.34. The van der Waals surface area contributed by atoms with E-state index in [-0.39, 0.29) is 5.91 Å². The number of nitrogens with zero attached hydrogens (tertiary/aromatic N) is 2. The second-order valence-corrected chi connectivity index (χ2v) is 5.41. The number of thiophene rings is 1. The maximum absolute atomic E-state index is 12.0. The van der Waals surface area contributed by atoms with E-state index < -0.39 is 0 Å². The minimum absolute atomic E-state index is 0.180. The lowest BCUT2D eigenvalue weighted by molar-refractivity contribution is 0.0645. The fraction of sp³-hybridized carbons (Fsp3) is 0.545. The van der Waals surface area contributed by atoms with Crippen LogP contribution in [0.5, 0.6) is 0 Å². The number of hydrogen-bond acceptors (Lipinski definition) is 3. The Hall–Kier alpha value is -0.390. The molecule has 5 heteroatoms. The molecular formula is C11H15BrN2OS. The van der Waals surface area contributed by atoms with Gasteiger partial charge in [0.1, 0.15) is 0 Å². The minimum atomic E-state index is 0.180. The highest BCUT2D eigenvalue weighted by molar-refractivity contribution is 9.09. The Morgan fingerprint density at radius 3 is 2.69 bits per heavy atom. The van der Waals surface area contributed by atoms with Crippen LogP contribution in [0.2, 0.25) is 0 Å². The van der Waals surface area contributed by atoms with Gasteiger partial charge in [-0.25, -0.2) is 0 Å². The summed E-state index contributed by atoms with van der Waals surface area (Å²) in [7, 11) is 0. The number of hydrogen-bond donors (Lipinski definition) is 0. The molecule has 1 aromatic rings. The molecule has 0 saturated carbocycles. The molecule has 0 radical (unpaired) electrons. The highest BCUT2D eigenvalue weighted by Gasteiger charge is 2.21. The molecule has 0 atom stereocenters. The Kier molecular flexibility index (Phi) is 4.37. The molecule has 1 aliphatic rings. The average Bonchev–Trinajstić information content (AvgIpc) is 2.83. The third-order valence-corrected chi connectivity index (χ3v) is 3.87. The monoisotopic (exact) mass is 302 g/mol. The van der Waals surface area contributed by atoms with Crippen LogP contribution in [0.15, 0.2) is 16.8 Å². The predicted octanol–water partition coefficient (Wildman–Crippen LogP) is 1.90. The first-order valence-corrected chi connectivity index (χ1v) is 7.47. The molecule has 0 unspecified atom stereocenters. The van der Waals surface area contributed by atoms with Crippen molar-refractivity contribution < 1.29 is 4.79 Å². The molecule has 0 spiro atoms. The van der Waals surface area contributed by atoms with E-state index in [0.717, 1.165) is 43.6 Å². The molecule has 88 valence electrons. The van der Waals surface area contributed by atoms with Gasteiger partial charge in [-0.1, -0.05) is 15.9 Å². The number of rotatable bonds is 3. The van der Waals surface area contributed by atoms with E-state index in [4.69, 9.17) is 0 Å². The first kappa shape index (κ1) is 12.1. The largest absolute Gasteiger partial charge is 0.336 e. The van der Waals surface area contributed by atoms with Gasteiger partial charge in [0.25, 0.3) is 5.91 Å². The van der Waals surface area contributed by atoms with Crippen LogP contribution in [0.4, 0.5) is 0 Å². The maximum atomic E-state index is 12.0. The molecule has 0 bridgehead atoms. The van der Waals surface area contributed by atoms with Gasteiger partial charge in [0.15, 0.2) is 0 Å². The second kappa shape index (κ2) is 5.80. The summed E-state index contributed by atoms with van der Waals surface area (Å²) in [6.45, 7) is 4.74. The molecule has 0 aliphatic carbocycles. The van der Waals surface area contributed by atoms with Gasteiger partial charge in [-0.05, 0) is 11.4 Å². The van der Waals surface area contributed by atoms with Gasteiger partial charge >= 0.3 is 0 Å². The van der Waals surface area contributed by atoms with Crippen molar-refractivity contribution in [1.82, 2.24) is 9.80 Å². The minimum Gasteiger partial charge on any atom is -0.336 e. The Labute approximate surface area is 108 Å². The topological polar surface area (TPSA) is 23.6 Å². The van der Waals surface area contributed by atoms with Gasteiger partial charge in [0.2, 0.25) is 0 Å². The SMILES string of the molecule is O=C(c1ccsc1)N1CCN(CCBr)CC1. The van der Waals surface area contributed by atoms with E-state index in [2.05, 4.69) is 20.8 Å². The highest BCUT2D eigenvalue weighted by Crippen LogP contribution is 2.11. The van der Waals surface area contributed by atoms with Gasteiger partial charge in [0, 0.05) is 43.4 Å². The molecule has 0 aromatic carbocycles. The molecule has 1 aliphatic heterocycles. The summed E-state index contributed by atoms with van der Waals surface area (Å²) in [5.41, 5.74) is 0.832. The summed E-state index contributed by atoms with van der Waals surface area (Å²) in [6, 6.07) is 1.90. The van der Waals surface area contributed by atoms with Crippen LogP contribution in [-0.2, 0) is 0 Å². The summed E-state index contributed by atoms with van der Waals surface area (Å²) in [5.74, 6) is 0.180. The zero-order valence-corrected chi connectivity index (χ0v) is 11.5. The Morgan fingerprint density at radius 1 is 1.38 bits per heavy atom. The van der Waals surface area contributed by atoms with Crippen molar-refractivity contribution in [1.29, 1.82) is 0 Å². The maximum Gasteiger partial charge on any atom is 0.254 e. The molecule has 1 fully saturated rings. The first-order valence-electron chi connectivity index (χ1n) is 5.41. The number of piperazine rings is 1. The van der Waals surface area contributed by atoms with Gasteiger partial charge < -0.3 is 4.90 Å². The van der Waals surface area contributed by atoms with E-state index in [9.17, 15) is 4.79 Å². The Bertz CT molecular complexity index is 334. The van der Waals surface area contributed by atoms with Gasteiger partial charge in [-0.2, -0.15) is 11.3 Å². The standard InChI is InChI=1S/C11H15BrN2OS/c12-2-3-13-4-6-14(7-5-13)11(15)10-1-8-16-9-10/h1,8-9H,2-7H2. The highest BCUT2D eigenvalue weighted by atomic mass is 79.9. The van der Waals surface area contributed by atoms with Crippen LogP contribution in [-0.4, -0.2) is 53.8 Å². The van der Waals surface area contributed by atoms with Crippen LogP contribution in [0.25, 0.3) is 0 Å². The Morgan fingerprint density at radius 2 is 2.12 bits per heavy atom. The van der Waals surface area contributed by atoms with Gasteiger partial charge in [-0.15, -0.1) is 0 Å². The van der Waals surface area contributed by atoms with E-state index in [1.165, 1.54) is 0 Å². The molecular weight excluding hydrogens is 288 g/mol. The van der Waals surface area contributed by atoms with Crippen molar-refractivity contribution in [2.45, 2.75) is 0 Å². The van der Waals surface area contributed by atoms with Crippen molar-refractivity contribution in [3.63, 3.8) is 0 Å². The van der Waals surface area contributed by atoms with E-state index in [0.29, 0.717) is 0 Å². The number of carbonyl (C=O) groups is 1. The molecule has 3 nitrogen and oxygen atoms in total. The number of amides is 1. The van der Waals surface area contributed by atoms with Gasteiger partial charge in [0.05, 0.1) is 5.56 Å². The van der Waals surface area contributed by atoms with Crippen molar-refractivity contribution in [2.24, 2.45) is 0 Å². The molecule has 2 rings (SSSR count). The smallest absolute Gasteiger partial charge is 0.254 e. The molecule has 16 heavy (non-hydrogen) atoms. The quantitative estimate of drug-likeness (QED) is 0.796. The predicted molar refractivity (Wildman–Crippen MR) is 70.5 cm³/mol. The summed E-state index contributed by atoms with van der Waals surface area (Å²) in [6.07, 6.45) is 0.